The second-order valence-electron chi connectivity index (χ2n) is 2.67. The van der Waals surface area contributed by atoms with E-state index in [1.165, 1.54) is 24.3 Å². The lowest BCUT2D eigenvalue weighted by molar-refractivity contribution is -0.215. The third kappa shape index (κ3) is 3.17. The van der Waals surface area contributed by atoms with E-state index in [1.807, 2.05) is 0 Å². The summed E-state index contributed by atoms with van der Waals surface area (Å²) in [7, 11) is -3.59. The van der Waals surface area contributed by atoms with E-state index < -0.39 is 11.3 Å². The van der Waals surface area contributed by atoms with Crippen LogP contribution in [0, 0.1) is 0 Å². The molecule has 0 aliphatic carbocycles. The summed E-state index contributed by atoms with van der Waals surface area (Å²) in [5.41, 5.74) is 2.57. The molecule has 5 nitrogen and oxygen atoms in total. The predicted molar refractivity (Wildman–Crippen MR) is 70.5 cm³/mol. The van der Waals surface area contributed by atoms with Gasteiger partial charge in [-0.3, -0.25) is 0 Å². The lowest BCUT2D eigenvalue weighted by Crippen LogP contribution is -2.17. The molecule has 9 heteroatoms. The van der Waals surface area contributed by atoms with E-state index in [0.29, 0.717) is 5.69 Å². The van der Waals surface area contributed by atoms with Gasteiger partial charge in [0.2, 0.25) is 11.3 Å². The molecule has 0 aliphatic heterocycles. The summed E-state index contributed by atoms with van der Waals surface area (Å²) in [6.07, 6.45) is 0. The van der Waals surface area contributed by atoms with Crippen LogP contribution in [0.2, 0.25) is 0 Å². The largest absolute Gasteiger partial charge is 0.239 e. The molecule has 1 aromatic carbocycles. The van der Waals surface area contributed by atoms with Crippen LogP contribution in [-0.2, 0) is 14.8 Å². The number of halogens is 3. The summed E-state index contributed by atoms with van der Waals surface area (Å²) in [6, 6.07) is 5.63. The molecule has 0 fully saturated rings. The van der Waals surface area contributed by atoms with Gasteiger partial charge in [0.05, 0.1) is 10.6 Å². The van der Waals surface area contributed by atoms with Crippen LogP contribution in [0.4, 0.5) is 5.69 Å². The normalized spacial score (nSPS) is 12.5. The topological polar surface area (TPSA) is 75.6 Å². The summed E-state index contributed by atoms with van der Waals surface area (Å²) < 4.78 is 22.4. The van der Waals surface area contributed by atoms with Crippen LogP contribution in [-0.4, -0.2) is 15.1 Å². The molecule has 0 radical (unpaired) electrons. The molecular weight excluding hydrogens is 434 g/mol. The first-order chi connectivity index (χ1) is 7.29. The lowest BCUT2D eigenvalue weighted by Gasteiger charge is -2.13. The van der Waals surface area contributed by atoms with E-state index >= 15 is 0 Å². The number of rotatable bonds is 3. The van der Waals surface area contributed by atoms with Gasteiger partial charge in [-0.05, 0) is 72.1 Å². The molecule has 90 valence electrons. The van der Waals surface area contributed by atoms with Gasteiger partial charge in [0.15, 0.2) is 0 Å². The van der Waals surface area contributed by atoms with E-state index in [2.05, 4.69) is 58.3 Å². The maximum atomic E-state index is 11.9. The Morgan fingerprint density at radius 3 is 2.06 bits per heavy atom. The second kappa shape index (κ2) is 5.32. The van der Waals surface area contributed by atoms with Crippen molar-refractivity contribution in [2.45, 2.75) is 6.37 Å². The van der Waals surface area contributed by atoms with Crippen LogP contribution >= 0.6 is 47.8 Å². The molecule has 0 saturated carbocycles. The molecule has 0 amide bonds. The molecule has 0 heterocycles. The van der Waals surface area contributed by atoms with Crippen molar-refractivity contribution in [1.82, 2.24) is 0 Å². The number of hydrogen-bond acceptors (Lipinski definition) is 5. The molecule has 16 heavy (non-hydrogen) atoms. The van der Waals surface area contributed by atoms with E-state index in [-0.39, 0.29) is 4.90 Å². The fourth-order valence-corrected chi connectivity index (χ4v) is 3.33. The first-order valence-electron chi connectivity index (χ1n) is 3.77. The molecule has 0 bridgehead atoms. The fourth-order valence-electron chi connectivity index (χ4n) is 0.888. The molecule has 0 unspecified atom stereocenters. The van der Waals surface area contributed by atoms with Crippen molar-refractivity contribution >= 4 is 63.3 Å². The van der Waals surface area contributed by atoms with Crippen LogP contribution in [0.1, 0.15) is 0 Å². The predicted octanol–water partition coefficient (Wildman–Crippen LogP) is 3.07. The maximum Gasteiger partial charge on any atom is 0.239 e. The highest BCUT2D eigenvalue weighted by Gasteiger charge is 2.37. The first-order valence-corrected chi connectivity index (χ1v) is 7.63. The zero-order valence-corrected chi connectivity index (χ0v) is 13.1. The molecular formula is C7H6Br3NO4S. The number of alkyl halides is 3. The Labute approximate surface area is 117 Å². The van der Waals surface area contributed by atoms with Crippen LogP contribution in [0.3, 0.4) is 0 Å². The zero-order chi connectivity index (χ0) is 12.4. The smallest absolute Gasteiger partial charge is 0.236 e. The minimum absolute atomic E-state index is 0.0987. The second-order valence-corrected chi connectivity index (χ2v) is 13.1. The van der Waals surface area contributed by atoms with Crippen LogP contribution < -0.4 is 5.48 Å². The number of sulfone groups is 1. The van der Waals surface area contributed by atoms with Gasteiger partial charge in [-0.15, -0.1) is 4.99 Å². The monoisotopic (exact) mass is 437 g/mol. The summed E-state index contributed by atoms with van der Waals surface area (Å²) >= 11 is 8.85. The highest BCUT2D eigenvalue weighted by atomic mass is 80.0. The average Bonchev–Trinajstić information content (AvgIpc) is 2.17. The van der Waals surface area contributed by atoms with Gasteiger partial charge in [-0.1, -0.05) is 0 Å². The highest BCUT2D eigenvalue weighted by molar-refractivity contribution is 9.42. The Morgan fingerprint density at radius 2 is 1.69 bits per heavy atom. The number of benzene rings is 1. The number of hydrogen-bond donors (Lipinski definition) is 2. The van der Waals surface area contributed by atoms with E-state index in [1.54, 1.807) is 0 Å². The summed E-state index contributed by atoms with van der Waals surface area (Å²) in [5.74, 6) is 0. The minimum Gasteiger partial charge on any atom is -0.236 e. The van der Waals surface area contributed by atoms with Crippen molar-refractivity contribution in [3.05, 3.63) is 24.3 Å². The maximum absolute atomic E-state index is 11.9. The minimum atomic E-state index is -3.59. The number of anilines is 1. The van der Waals surface area contributed by atoms with Crippen molar-refractivity contribution in [3.63, 3.8) is 0 Å². The fraction of sp³-hybridized carbons (Fsp3) is 0.143. The van der Waals surface area contributed by atoms with E-state index in [4.69, 9.17) is 5.26 Å². The SMILES string of the molecule is O=S(=O)(c1ccc(NOO)cc1)C(Br)(Br)Br. The summed E-state index contributed by atoms with van der Waals surface area (Å²) in [6.45, 7) is 0. The molecule has 0 aliphatic rings. The third-order valence-corrected chi connectivity index (χ3v) is 6.97. The van der Waals surface area contributed by atoms with Crippen LogP contribution in [0.25, 0.3) is 0 Å². The quantitative estimate of drug-likeness (QED) is 0.430. The van der Waals surface area contributed by atoms with Gasteiger partial charge in [-0.25, -0.2) is 19.2 Å². The first kappa shape index (κ1) is 14.4. The Bertz CT molecular complexity index is 454. The molecule has 0 spiro atoms. The Balaban J connectivity index is 3.08. The highest BCUT2D eigenvalue weighted by Crippen LogP contribution is 2.43. The van der Waals surface area contributed by atoms with Gasteiger partial charge >= 0.3 is 0 Å². The zero-order valence-electron chi connectivity index (χ0n) is 7.52. The van der Waals surface area contributed by atoms with Crippen molar-refractivity contribution in [2.24, 2.45) is 0 Å². The molecule has 1 aromatic rings. The van der Waals surface area contributed by atoms with Crippen molar-refractivity contribution in [3.8, 4) is 0 Å². The average molecular weight is 440 g/mol. The summed E-state index contributed by atoms with van der Waals surface area (Å²) in [5, 5.41) is 8.13. The van der Waals surface area contributed by atoms with E-state index in [0.717, 1.165) is 0 Å². The Hall–Kier alpha value is 0.330. The van der Waals surface area contributed by atoms with Crippen molar-refractivity contribution in [1.29, 1.82) is 0 Å². The standard InChI is InChI=1S/C7H6Br3NO4S/c8-7(9,10)16(13,14)6-3-1-5(2-4-6)11-15-12/h1-4,11-12H. The van der Waals surface area contributed by atoms with Crippen LogP contribution in [0.5, 0.6) is 0 Å². The van der Waals surface area contributed by atoms with E-state index in [9.17, 15) is 8.42 Å². The van der Waals surface area contributed by atoms with Gasteiger partial charge < -0.3 is 0 Å². The van der Waals surface area contributed by atoms with Crippen molar-refractivity contribution in [2.75, 3.05) is 5.48 Å². The molecule has 0 atom stereocenters. The Kier molecular flexibility index (Phi) is 4.78. The molecule has 0 saturated heterocycles. The van der Waals surface area contributed by atoms with Gasteiger partial charge in [0, 0.05) is 0 Å². The number of nitrogens with one attached hydrogen (secondary N) is 1. The molecule has 0 aromatic heterocycles. The van der Waals surface area contributed by atoms with Gasteiger partial charge in [0.1, 0.15) is 0 Å². The lowest BCUT2D eigenvalue weighted by atomic mass is 10.3. The van der Waals surface area contributed by atoms with Gasteiger partial charge in [0.25, 0.3) is 0 Å². The van der Waals surface area contributed by atoms with Gasteiger partial charge in [-0.2, -0.15) is 0 Å². The third-order valence-electron chi connectivity index (χ3n) is 1.63. The van der Waals surface area contributed by atoms with Crippen molar-refractivity contribution < 1.29 is 18.7 Å². The Morgan fingerprint density at radius 1 is 1.19 bits per heavy atom. The summed E-state index contributed by atoms with van der Waals surface area (Å²) in [4.78, 5) is 3.79. The molecule has 1 rings (SSSR count). The molecule has 2 N–H and O–H groups in total. The van der Waals surface area contributed by atoms with Crippen LogP contribution in [0.15, 0.2) is 29.2 Å².